The zero-order valence-corrected chi connectivity index (χ0v) is 13.3. The molecular formula is C15H19BClNO2. The Labute approximate surface area is 125 Å². The van der Waals surface area contributed by atoms with Crippen LogP contribution in [0.3, 0.4) is 0 Å². The lowest BCUT2D eigenvalue weighted by Gasteiger charge is -2.32. The third-order valence-corrected chi connectivity index (χ3v) is 4.79. The van der Waals surface area contributed by atoms with E-state index >= 15 is 0 Å². The molecule has 0 aliphatic carbocycles. The van der Waals surface area contributed by atoms with Gasteiger partial charge in [-0.15, -0.1) is 0 Å². The highest BCUT2D eigenvalue weighted by Crippen LogP contribution is 2.36. The first-order valence-corrected chi connectivity index (χ1v) is 7.19. The summed E-state index contributed by atoms with van der Waals surface area (Å²) < 4.78 is 14.2. The summed E-state index contributed by atoms with van der Waals surface area (Å²) in [5.41, 5.74) is 1.46. The lowest BCUT2D eigenvalue weighted by molar-refractivity contribution is 0.00578. The van der Waals surface area contributed by atoms with Gasteiger partial charge in [0.2, 0.25) is 0 Å². The fraction of sp³-hybridized carbons (Fsp3) is 0.467. The standard InChI is InChI=1S/C15H19BClNO2/c1-14(2)15(3,4)20-16(19-14)10-6-7-13-11(8-10)12(17)9-18(13)5/h6-9H,1-5H3. The van der Waals surface area contributed by atoms with Gasteiger partial charge in [-0.05, 0) is 39.2 Å². The lowest BCUT2D eigenvalue weighted by Crippen LogP contribution is -2.41. The maximum atomic E-state index is 6.27. The Bertz CT molecular complexity index is 662. The average molecular weight is 292 g/mol. The predicted octanol–water partition coefficient (Wildman–Crippen LogP) is 3.13. The molecule has 0 amide bonds. The summed E-state index contributed by atoms with van der Waals surface area (Å²) in [5, 5.41) is 1.78. The smallest absolute Gasteiger partial charge is 0.399 e. The van der Waals surface area contributed by atoms with E-state index in [0.717, 1.165) is 21.4 Å². The van der Waals surface area contributed by atoms with Gasteiger partial charge < -0.3 is 13.9 Å². The fourth-order valence-corrected chi connectivity index (χ4v) is 2.79. The summed E-state index contributed by atoms with van der Waals surface area (Å²) >= 11 is 6.27. The van der Waals surface area contributed by atoms with E-state index in [2.05, 4.69) is 39.8 Å². The molecule has 2 heterocycles. The van der Waals surface area contributed by atoms with Crippen LogP contribution in [0.1, 0.15) is 27.7 Å². The van der Waals surface area contributed by atoms with Gasteiger partial charge in [-0.3, -0.25) is 0 Å². The van der Waals surface area contributed by atoms with Gasteiger partial charge in [0, 0.05) is 24.1 Å². The van der Waals surface area contributed by atoms with Crippen molar-refractivity contribution in [2.24, 2.45) is 7.05 Å². The Morgan fingerprint density at radius 3 is 2.30 bits per heavy atom. The first-order chi connectivity index (χ1) is 9.21. The molecule has 20 heavy (non-hydrogen) atoms. The highest BCUT2D eigenvalue weighted by atomic mass is 35.5. The van der Waals surface area contributed by atoms with Crippen LogP contribution in [0.2, 0.25) is 5.02 Å². The van der Waals surface area contributed by atoms with E-state index in [1.807, 2.05) is 23.9 Å². The number of benzene rings is 1. The van der Waals surface area contributed by atoms with Gasteiger partial charge in [0.15, 0.2) is 0 Å². The molecule has 3 rings (SSSR count). The third-order valence-electron chi connectivity index (χ3n) is 4.49. The van der Waals surface area contributed by atoms with Crippen molar-refractivity contribution in [1.29, 1.82) is 0 Å². The first-order valence-electron chi connectivity index (χ1n) is 6.81. The topological polar surface area (TPSA) is 23.4 Å². The molecule has 3 nitrogen and oxygen atoms in total. The van der Waals surface area contributed by atoms with Crippen LogP contribution in [0, 0.1) is 0 Å². The summed E-state index contributed by atoms with van der Waals surface area (Å²) in [5.74, 6) is 0. The molecule has 5 heteroatoms. The van der Waals surface area contributed by atoms with E-state index in [4.69, 9.17) is 20.9 Å². The predicted molar refractivity (Wildman–Crippen MR) is 83.6 cm³/mol. The number of nitrogens with zero attached hydrogens (tertiary/aromatic N) is 1. The van der Waals surface area contributed by atoms with E-state index < -0.39 is 0 Å². The van der Waals surface area contributed by atoms with E-state index in [1.54, 1.807) is 0 Å². The molecule has 0 atom stereocenters. The molecule has 1 aliphatic rings. The quantitative estimate of drug-likeness (QED) is 0.754. The van der Waals surface area contributed by atoms with Gasteiger partial charge in [0.05, 0.1) is 16.2 Å². The maximum Gasteiger partial charge on any atom is 0.494 e. The summed E-state index contributed by atoms with van der Waals surface area (Å²) in [4.78, 5) is 0. The first kappa shape index (κ1) is 14.0. The van der Waals surface area contributed by atoms with Crippen molar-refractivity contribution >= 4 is 35.1 Å². The number of aromatic nitrogens is 1. The number of hydrogen-bond acceptors (Lipinski definition) is 2. The minimum absolute atomic E-state index is 0.326. The van der Waals surface area contributed by atoms with Gasteiger partial charge in [-0.2, -0.15) is 0 Å². The molecule has 1 aromatic heterocycles. The molecule has 0 bridgehead atoms. The second-order valence-electron chi connectivity index (χ2n) is 6.45. The summed E-state index contributed by atoms with van der Waals surface area (Å²) in [6, 6.07) is 6.15. The zero-order valence-electron chi connectivity index (χ0n) is 12.5. The van der Waals surface area contributed by atoms with Crippen LogP contribution in [0.5, 0.6) is 0 Å². The molecule has 1 saturated heterocycles. The molecule has 0 spiro atoms. The molecular weight excluding hydrogens is 272 g/mol. The third kappa shape index (κ3) is 1.98. The maximum absolute atomic E-state index is 6.27. The Hall–Kier alpha value is -0.965. The van der Waals surface area contributed by atoms with Crippen molar-refractivity contribution in [1.82, 2.24) is 4.57 Å². The van der Waals surface area contributed by atoms with E-state index in [9.17, 15) is 0 Å². The molecule has 0 N–H and O–H groups in total. The molecule has 1 aliphatic heterocycles. The molecule has 0 unspecified atom stereocenters. The minimum atomic E-state index is -0.347. The fourth-order valence-electron chi connectivity index (χ4n) is 2.49. The van der Waals surface area contributed by atoms with E-state index in [0.29, 0.717) is 0 Å². The Morgan fingerprint density at radius 2 is 1.70 bits per heavy atom. The molecule has 106 valence electrons. The van der Waals surface area contributed by atoms with Crippen molar-refractivity contribution in [3.63, 3.8) is 0 Å². The second kappa shape index (κ2) is 4.26. The minimum Gasteiger partial charge on any atom is -0.399 e. The monoisotopic (exact) mass is 291 g/mol. The van der Waals surface area contributed by atoms with Crippen LogP contribution in [-0.4, -0.2) is 22.9 Å². The van der Waals surface area contributed by atoms with Gasteiger partial charge in [0.25, 0.3) is 0 Å². The van der Waals surface area contributed by atoms with E-state index in [1.165, 1.54) is 0 Å². The van der Waals surface area contributed by atoms with Crippen molar-refractivity contribution in [3.8, 4) is 0 Å². The van der Waals surface area contributed by atoms with Crippen molar-refractivity contribution in [2.75, 3.05) is 0 Å². The molecule has 0 radical (unpaired) electrons. The second-order valence-corrected chi connectivity index (χ2v) is 6.86. The summed E-state index contributed by atoms with van der Waals surface area (Å²) in [6.07, 6.45) is 1.92. The molecule has 2 aromatic rings. The number of fused-ring (bicyclic) bond motifs is 1. The molecule has 1 aromatic carbocycles. The summed E-state index contributed by atoms with van der Waals surface area (Å²) in [7, 11) is 1.64. The molecule has 0 saturated carbocycles. The van der Waals surface area contributed by atoms with E-state index in [-0.39, 0.29) is 18.3 Å². The molecule has 1 fully saturated rings. The van der Waals surface area contributed by atoms with Gasteiger partial charge >= 0.3 is 7.12 Å². The number of aryl methyl sites for hydroxylation is 1. The Morgan fingerprint density at radius 1 is 1.10 bits per heavy atom. The largest absolute Gasteiger partial charge is 0.494 e. The van der Waals surface area contributed by atoms with Crippen LogP contribution in [0.25, 0.3) is 10.9 Å². The zero-order chi connectivity index (χ0) is 14.7. The van der Waals surface area contributed by atoms with Gasteiger partial charge in [0.1, 0.15) is 0 Å². The highest BCUT2D eigenvalue weighted by Gasteiger charge is 2.51. The van der Waals surface area contributed by atoms with Crippen molar-refractivity contribution in [2.45, 2.75) is 38.9 Å². The number of halogens is 1. The number of rotatable bonds is 1. The highest BCUT2D eigenvalue weighted by molar-refractivity contribution is 6.62. The van der Waals surface area contributed by atoms with Gasteiger partial charge in [-0.1, -0.05) is 23.7 Å². The van der Waals surface area contributed by atoms with Crippen molar-refractivity contribution in [3.05, 3.63) is 29.4 Å². The van der Waals surface area contributed by atoms with Gasteiger partial charge in [-0.25, -0.2) is 0 Å². The summed E-state index contributed by atoms with van der Waals surface area (Å²) in [6.45, 7) is 8.23. The lowest BCUT2D eigenvalue weighted by atomic mass is 9.78. The normalized spacial score (nSPS) is 20.8. The van der Waals surface area contributed by atoms with Crippen LogP contribution < -0.4 is 5.46 Å². The van der Waals surface area contributed by atoms with Crippen LogP contribution in [0.4, 0.5) is 0 Å². The SMILES string of the molecule is Cn1cc(Cl)c2cc(B3OC(C)(C)C(C)(C)O3)ccc21. The number of hydrogen-bond donors (Lipinski definition) is 0. The Kier molecular flexibility index (Phi) is 2.98. The van der Waals surface area contributed by atoms with Crippen LogP contribution in [0.15, 0.2) is 24.4 Å². The Balaban J connectivity index is 2.02. The van der Waals surface area contributed by atoms with Crippen molar-refractivity contribution < 1.29 is 9.31 Å². The van der Waals surface area contributed by atoms with Crippen LogP contribution in [-0.2, 0) is 16.4 Å². The van der Waals surface area contributed by atoms with Crippen LogP contribution >= 0.6 is 11.6 Å². The average Bonchev–Trinajstić information content (AvgIpc) is 2.74.